The first-order valence-corrected chi connectivity index (χ1v) is 6.68. The minimum atomic E-state index is -0.548. The van der Waals surface area contributed by atoms with Crippen molar-refractivity contribution in [1.29, 1.82) is 0 Å². The summed E-state index contributed by atoms with van der Waals surface area (Å²) in [6.07, 6.45) is 3.65. The first kappa shape index (κ1) is 16.3. The molecule has 0 aliphatic carbocycles. The fraction of sp³-hybridized carbons (Fsp3) is 0.929. The number of ether oxygens (including phenoxy) is 2. The second kappa shape index (κ2) is 7.57. The zero-order valence-electron chi connectivity index (χ0n) is 12.2. The number of carbonyl (C=O) groups is 1. The van der Waals surface area contributed by atoms with Gasteiger partial charge in [-0.3, -0.25) is 0 Å². The quantitative estimate of drug-likeness (QED) is 0.487. The minimum absolute atomic E-state index is 0.103. The molecule has 17 heavy (non-hydrogen) atoms. The van der Waals surface area contributed by atoms with E-state index in [0.29, 0.717) is 5.92 Å². The van der Waals surface area contributed by atoms with Crippen LogP contribution in [0.1, 0.15) is 67.2 Å². The van der Waals surface area contributed by atoms with Crippen LogP contribution in [0.15, 0.2) is 0 Å². The van der Waals surface area contributed by atoms with Crippen molar-refractivity contribution in [2.75, 3.05) is 0 Å². The molecule has 0 aromatic carbocycles. The van der Waals surface area contributed by atoms with Crippen LogP contribution in [0.2, 0.25) is 0 Å². The molecule has 0 aliphatic rings. The van der Waals surface area contributed by atoms with Gasteiger partial charge in [-0.2, -0.15) is 0 Å². The Balaban J connectivity index is 4.00. The lowest BCUT2D eigenvalue weighted by Gasteiger charge is -2.26. The Kier molecular flexibility index (Phi) is 7.24. The minimum Gasteiger partial charge on any atom is -0.431 e. The van der Waals surface area contributed by atoms with E-state index >= 15 is 0 Å². The Morgan fingerprint density at radius 2 is 1.76 bits per heavy atom. The van der Waals surface area contributed by atoms with Crippen molar-refractivity contribution in [3.63, 3.8) is 0 Å². The maximum absolute atomic E-state index is 11.6. The third-order valence-corrected chi connectivity index (χ3v) is 2.96. The molecule has 0 radical (unpaired) electrons. The van der Waals surface area contributed by atoms with Gasteiger partial charge in [0.25, 0.3) is 0 Å². The lowest BCUT2D eigenvalue weighted by molar-refractivity contribution is -0.0426. The van der Waals surface area contributed by atoms with E-state index in [1.165, 1.54) is 12.8 Å². The van der Waals surface area contributed by atoms with Gasteiger partial charge >= 0.3 is 6.16 Å². The summed E-state index contributed by atoms with van der Waals surface area (Å²) < 4.78 is 10.5. The van der Waals surface area contributed by atoms with Crippen LogP contribution in [0, 0.1) is 5.92 Å². The summed E-state index contributed by atoms with van der Waals surface area (Å²) in [4.78, 5) is 11.6. The average molecular weight is 244 g/mol. The SMILES string of the molecule is CCCCCC(C)(C)OC(=O)OC(C)C(C)C. The van der Waals surface area contributed by atoms with Gasteiger partial charge < -0.3 is 9.47 Å². The molecule has 3 heteroatoms. The highest BCUT2D eigenvalue weighted by molar-refractivity contribution is 5.60. The molecule has 102 valence electrons. The Hall–Kier alpha value is -0.730. The zero-order chi connectivity index (χ0) is 13.5. The Labute approximate surface area is 106 Å². The van der Waals surface area contributed by atoms with E-state index in [1.54, 1.807) is 0 Å². The van der Waals surface area contributed by atoms with Crippen LogP contribution in [0.5, 0.6) is 0 Å². The highest BCUT2D eigenvalue weighted by atomic mass is 16.7. The Morgan fingerprint density at radius 3 is 2.24 bits per heavy atom. The molecule has 0 bridgehead atoms. The standard InChI is InChI=1S/C14H28O3/c1-7-8-9-10-14(5,6)17-13(15)16-12(4)11(2)3/h11-12H,7-10H2,1-6H3. The van der Waals surface area contributed by atoms with E-state index in [4.69, 9.17) is 9.47 Å². The molecule has 0 spiro atoms. The maximum atomic E-state index is 11.6. The van der Waals surface area contributed by atoms with Crippen molar-refractivity contribution in [3.05, 3.63) is 0 Å². The van der Waals surface area contributed by atoms with Crippen molar-refractivity contribution in [2.45, 2.75) is 78.9 Å². The van der Waals surface area contributed by atoms with Gasteiger partial charge in [0, 0.05) is 0 Å². The van der Waals surface area contributed by atoms with Gasteiger partial charge in [0.15, 0.2) is 0 Å². The smallest absolute Gasteiger partial charge is 0.431 e. The molecule has 0 fully saturated rings. The van der Waals surface area contributed by atoms with Crippen molar-refractivity contribution in [3.8, 4) is 0 Å². The fourth-order valence-electron chi connectivity index (χ4n) is 1.39. The molecule has 1 unspecified atom stereocenters. The van der Waals surface area contributed by atoms with E-state index in [2.05, 4.69) is 6.92 Å². The second-order valence-electron chi connectivity index (χ2n) is 5.64. The molecule has 0 heterocycles. The molecule has 0 rings (SSSR count). The molecule has 3 nitrogen and oxygen atoms in total. The largest absolute Gasteiger partial charge is 0.509 e. The zero-order valence-corrected chi connectivity index (χ0v) is 12.2. The summed E-state index contributed by atoms with van der Waals surface area (Å²) in [5, 5.41) is 0. The predicted molar refractivity (Wildman–Crippen MR) is 70.1 cm³/mol. The number of hydrogen-bond donors (Lipinski definition) is 0. The number of unbranched alkanes of at least 4 members (excludes halogenated alkanes) is 2. The van der Waals surface area contributed by atoms with Gasteiger partial charge in [0.05, 0.1) is 0 Å². The summed E-state index contributed by atoms with van der Waals surface area (Å²) in [6.45, 7) is 11.9. The molecule has 0 amide bonds. The number of rotatable bonds is 7. The van der Waals surface area contributed by atoms with Gasteiger partial charge in [-0.25, -0.2) is 4.79 Å². The molecule has 0 aromatic rings. The van der Waals surface area contributed by atoms with E-state index in [-0.39, 0.29) is 6.10 Å². The van der Waals surface area contributed by atoms with Crippen molar-refractivity contribution in [1.82, 2.24) is 0 Å². The normalized spacial score (nSPS) is 13.6. The Bertz CT molecular complexity index is 222. The highest BCUT2D eigenvalue weighted by Gasteiger charge is 2.24. The monoisotopic (exact) mass is 244 g/mol. The first-order chi connectivity index (χ1) is 7.78. The molecule has 0 aliphatic heterocycles. The van der Waals surface area contributed by atoms with Crippen LogP contribution in [-0.4, -0.2) is 17.9 Å². The predicted octanol–water partition coefficient (Wildman–Crippen LogP) is 4.54. The van der Waals surface area contributed by atoms with Gasteiger partial charge in [-0.15, -0.1) is 0 Å². The van der Waals surface area contributed by atoms with Crippen LogP contribution in [0.25, 0.3) is 0 Å². The van der Waals surface area contributed by atoms with Crippen LogP contribution >= 0.6 is 0 Å². The molecular formula is C14H28O3. The molecule has 0 saturated heterocycles. The van der Waals surface area contributed by atoms with E-state index < -0.39 is 11.8 Å². The molecule has 0 aromatic heterocycles. The average Bonchev–Trinajstić information content (AvgIpc) is 2.16. The van der Waals surface area contributed by atoms with Gasteiger partial charge in [-0.05, 0) is 39.5 Å². The Morgan fingerprint density at radius 1 is 1.18 bits per heavy atom. The van der Waals surface area contributed by atoms with Gasteiger partial charge in [0.2, 0.25) is 0 Å². The van der Waals surface area contributed by atoms with Crippen molar-refractivity contribution < 1.29 is 14.3 Å². The number of carbonyl (C=O) groups excluding carboxylic acids is 1. The second-order valence-corrected chi connectivity index (χ2v) is 5.64. The maximum Gasteiger partial charge on any atom is 0.509 e. The summed E-state index contributed by atoms with van der Waals surface area (Å²) in [7, 11) is 0. The summed E-state index contributed by atoms with van der Waals surface area (Å²) in [5.74, 6) is 0.311. The van der Waals surface area contributed by atoms with E-state index in [0.717, 1.165) is 12.8 Å². The van der Waals surface area contributed by atoms with E-state index in [9.17, 15) is 4.79 Å². The molecule has 0 N–H and O–H groups in total. The van der Waals surface area contributed by atoms with Gasteiger partial charge in [-0.1, -0.05) is 33.6 Å². The topological polar surface area (TPSA) is 35.5 Å². The number of hydrogen-bond acceptors (Lipinski definition) is 3. The van der Waals surface area contributed by atoms with E-state index in [1.807, 2.05) is 34.6 Å². The van der Waals surface area contributed by atoms with Crippen LogP contribution in [0.3, 0.4) is 0 Å². The summed E-state index contributed by atoms with van der Waals surface area (Å²) in [5.41, 5.74) is -0.428. The van der Waals surface area contributed by atoms with Gasteiger partial charge in [0.1, 0.15) is 11.7 Å². The lowest BCUT2D eigenvalue weighted by atomic mass is 10.0. The summed E-state index contributed by atoms with van der Waals surface area (Å²) in [6, 6.07) is 0. The first-order valence-electron chi connectivity index (χ1n) is 6.68. The molecule has 1 atom stereocenters. The van der Waals surface area contributed by atoms with Crippen LogP contribution < -0.4 is 0 Å². The highest BCUT2D eigenvalue weighted by Crippen LogP contribution is 2.20. The van der Waals surface area contributed by atoms with Crippen LogP contribution in [-0.2, 0) is 9.47 Å². The third kappa shape index (κ3) is 8.06. The summed E-state index contributed by atoms with van der Waals surface area (Å²) >= 11 is 0. The van der Waals surface area contributed by atoms with Crippen molar-refractivity contribution in [2.24, 2.45) is 5.92 Å². The molecular weight excluding hydrogens is 216 g/mol. The molecule has 0 saturated carbocycles. The lowest BCUT2D eigenvalue weighted by Crippen LogP contribution is -2.31. The van der Waals surface area contributed by atoms with Crippen LogP contribution in [0.4, 0.5) is 4.79 Å². The van der Waals surface area contributed by atoms with Crippen molar-refractivity contribution >= 4 is 6.16 Å². The fourth-order valence-corrected chi connectivity index (χ4v) is 1.39. The third-order valence-electron chi connectivity index (χ3n) is 2.96.